The summed E-state index contributed by atoms with van der Waals surface area (Å²) in [4.78, 5) is 32.8. The summed E-state index contributed by atoms with van der Waals surface area (Å²) in [6.07, 6.45) is 14.6. The van der Waals surface area contributed by atoms with Gasteiger partial charge in [0.05, 0.1) is 23.3 Å². The van der Waals surface area contributed by atoms with E-state index in [4.69, 9.17) is 9.84 Å². The van der Waals surface area contributed by atoms with Gasteiger partial charge in [0.25, 0.3) is 0 Å². The largest absolute Gasteiger partial charge is 0.443 e. The summed E-state index contributed by atoms with van der Waals surface area (Å²) in [6.45, 7) is 10.2. The van der Waals surface area contributed by atoms with Crippen LogP contribution in [0.3, 0.4) is 0 Å². The number of ether oxygens (including phenoxy) is 1. The molecule has 3 aromatic heterocycles. The predicted octanol–water partition coefficient (Wildman–Crippen LogP) is 5.58. The zero-order chi connectivity index (χ0) is 25.2. The van der Waals surface area contributed by atoms with Crippen LogP contribution in [-0.4, -0.2) is 36.6 Å². The van der Waals surface area contributed by atoms with Crippen molar-refractivity contribution in [2.24, 2.45) is 16.7 Å². The Morgan fingerprint density at radius 1 is 1.26 bits per heavy atom. The first-order valence-electron chi connectivity index (χ1n) is 12.6. The van der Waals surface area contributed by atoms with Crippen molar-refractivity contribution in [3.8, 4) is 11.3 Å². The van der Waals surface area contributed by atoms with Crippen molar-refractivity contribution in [2.45, 2.75) is 85.9 Å². The van der Waals surface area contributed by atoms with Gasteiger partial charge in [0.2, 0.25) is 0 Å². The van der Waals surface area contributed by atoms with Crippen LogP contribution in [0.2, 0.25) is 0 Å². The van der Waals surface area contributed by atoms with Gasteiger partial charge in [-0.25, -0.2) is 9.97 Å². The molecule has 1 aliphatic rings. The lowest BCUT2D eigenvalue weighted by Crippen LogP contribution is -2.32. The van der Waals surface area contributed by atoms with Gasteiger partial charge < -0.3 is 9.53 Å². The van der Waals surface area contributed by atoms with Gasteiger partial charge >= 0.3 is 5.97 Å². The van der Waals surface area contributed by atoms with Crippen LogP contribution in [-0.2, 0) is 21.1 Å². The number of nitrogens with zero attached hydrogens (tertiary/aromatic N) is 5. The highest BCUT2D eigenvalue weighted by molar-refractivity contribution is 5.90. The molecule has 3 heterocycles. The molecule has 1 aliphatic carbocycles. The average Bonchev–Trinajstić information content (AvgIpc) is 3.41. The summed E-state index contributed by atoms with van der Waals surface area (Å²) < 4.78 is 9.25. The van der Waals surface area contributed by atoms with E-state index in [1.807, 2.05) is 50.1 Å². The van der Waals surface area contributed by atoms with E-state index in [-0.39, 0.29) is 24.2 Å². The molecule has 0 aromatic carbocycles. The molecule has 35 heavy (non-hydrogen) atoms. The van der Waals surface area contributed by atoms with Crippen molar-refractivity contribution in [3.63, 3.8) is 0 Å². The standard InChI is InChI=1S/C27H37N5O3/c1-26(2,3)25(34)35-18-31-13-10-20-23(28-17-29-24(20)31)19-15-30-32(16-19)22(11-14-33)21-9-7-6-8-12-27(21,4)5/h10,13-17,21-22H,6-9,11-12,18H2,1-5H3. The molecule has 0 amide bonds. The first-order chi connectivity index (χ1) is 16.6. The van der Waals surface area contributed by atoms with Gasteiger partial charge in [0.1, 0.15) is 18.3 Å². The maximum atomic E-state index is 12.2. The number of carbonyl (C=O) groups is 2. The summed E-state index contributed by atoms with van der Waals surface area (Å²) in [7, 11) is 0. The van der Waals surface area contributed by atoms with Crippen LogP contribution in [0, 0.1) is 16.7 Å². The van der Waals surface area contributed by atoms with Gasteiger partial charge in [0.15, 0.2) is 6.73 Å². The second-order valence-electron chi connectivity index (χ2n) is 11.4. The minimum atomic E-state index is -0.568. The summed E-state index contributed by atoms with van der Waals surface area (Å²) in [5, 5.41) is 5.57. The normalized spacial score (nSPS) is 19.3. The third-order valence-electron chi connectivity index (χ3n) is 7.36. The molecule has 1 fully saturated rings. The monoisotopic (exact) mass is 479 g/mol. The highest BCUT2D eigenvalue weighted by Crippen LogP contribution is 2.46. The van der Waals surface area contributed by atoms with Gasteiger partial charge in [-0.2, -0.15) is 5.10 Å². The smallest absolute Gasteiger partial charge is 0.312 e. The van der Waals surface area contributed by atoms with Gasteiger partial charge in [0, 0.05) is 29.8 Å². The maximum absolute atomic E-state index is 12.2. The number of aldehydes is 1. The molecule has 2 atom stereocenters. The van der Waals surface area contributed by atoms with E-state index < -0.39 is 5.41 Å². The highest BCUT2D eigenvalue weighted by atomic mass is 16.5. The first kappa shape index (κ1) is 25.1. The third kappa shape index (κ3) is 5.31. The van der Waals surface area contributed by atoms with E-state index in [0.717, 1.165) is 29.4 Å². The van der Waals surface area contributed by atoms with Crippen LogP contribution in [0.5, 0.6) is 0 Å². The van der Waals surface area contributed by atoms with E-state index >= 15 is 0 Å². The van der Waals surface area contributed by atoms with Crippen LogP contribution >= 0.6 is 0 Å². The molecule has 3 aromatic rings. The first-order valence-corrected chi connectivity index (χ1v) is 12.6. The van der Waals surface area contributed by atoms with Gasteiger partial charge in [-0.1, -0.05) is 33.1 Å². The minimum absolute atomic E-state index is 0.0214. The van der Waals surface area contributed by atoms with Crippen LogP contribution in [0.15, 0.2) is 31.0 Å². The molecule has 2 unspecified atom stereocenters. The Labute approximate surface area is 207 Å². The molecule has 4 rings (SSSR count). The molecular formula is C27H37N5O3. The summed E-state index contributed by atoms with van der Waals surface area (Å²) >= 11 is 0. The fourth-order valence-electron chi connectivity index (χ4n) is 5.29. The Morgan fingerprint density at radius 3 is 2.80 bits per heavy atom. The Balaban J connectivity index is 1.62. The molecule has 0 aliphatic heterocycles. The number of aromatic nitrogens is 5. The second-order valence-corrected chi connectivity index (χ2v) is 11.4. The highest BCUT2D eigenvalue weighted by Gasteiger charge is 2.37. The summed E-state index contributed by atoms with van der Waals surface area (Å²) in [5.41, 5.74) is 1.93. The van der Waals surface area contributed by atoms with Crippen LogP contribution in [0.4, 0.5) is 0 Å². The van der Waals surface area contributed by atoms with Crippen LogP contribution in [0.25, 0.3) is 22.3 Å². The lowest BCUT2D eigenvalue weighted by Gasteiger charge is -2.38. The molecule has 8 heteroatoms. The van der Waals surface area contributed by atoms with Gasteiger partial charge in [-0.15, -0.1) is 0 Å². The van der Waals surface area contributed by atoms with Crippen LogP contribution < -0.4 is 0 Å². The molecule has 1 saturated carbocycles. The van der Waals surface area contributed by atoms with Gasteiger partial charge in [-0.3, -0.25) is 14.0 Å². The van der Waals surface area contributed by atoms with Crippen molar-refractivity contribution >= 4 is 23.3 Å². The van der Waals surface area contributed by atoms with Crippen molar-refractivity contribution in [1.82, 2.24) is 24.3 Å². The fraction of sp³-hybridized carbons (Fsp3) is 0.593. The Bertz CT molecular complexity index is 1190. The van der Waals surface area contributed by atoms with Crippen molar-refractivity contribution in [2.75, 3.05) is 0 Å². The zero-order valence-corrected chi connectivity index (χ0v) is 21.5. The number of fused-ring (bicyclic) bond motifs is 1. The average molecular weight is 480 g/mol. The SMILES string of the molecule is CC(C)(C)C(=O)OCn1ccc2c(-c3cnn(C(CC=O)C4CCCCCC4(C)C)c3)ncnc21. The molecular weight excluding hydrogens is 442 g/mol. The molecule has 0 N–H and O–H groups in total. The molecule has 0 radical (unpaired) electrons. The molecule has 188 valence electrons. The predicted molar refractivity (Wildman–Crippen MR) is 134 cm³/mol. The summed E-state index contributed by atoms with van der Waals surface area (Å²) in [6, 6.07) is 1.96. The fourth-order valence-corrected chi connectivity index (χ4v) is 5.29. The molecule has 8 nitrogen and oxygen atoms in total. The topological polar surface area (TPSA) is 91.9 Å². The number of hydrogen-bond acceptors (Lipinski definition) is 6. The maximum Gasteiger partial charge on any atom is 0.312 e. The number of esters is 1. The zero-order valence-electron chi connectivity index (χ0n) is 21.5. The van der Waals surface area contributed by atoms with E-state index in [0.29, 0.717) is 18.0 Å². The molecule has 0 saturated heterocycles. The minimum Gasteiger partial charge on any atom is -0.443 e. The van der Waals surface area contributed by atoms with E-state index in [1.54, 1.807) is 4.57 Å². The Hall–Kier alpha value is -3.03. The van der Waals surface area contributed by atoms with Crippen molar-refractivity contribution in [1.29, 1.82) is 0 Å². The lowest BCUT2D eigenvalue weighted by atomic mass is 9.71. The van der Waals surface area contributed by atoms with E-state index in [1.165, 1.54) is 32.0 Å². The van der Waals surface area contributed by atoms with E-state index in [2.05, 4.69) is 23.8 Å². The van der Waals surface area contributed by atoms with Crippen LogP contribution in [0.1, 0.15) is 79.2 Å². The van der Waals surface area contributed by atoms with Gasteiger partial charge in [-0.05, 0) is 51.0 Å². The lowest BCUT2D eigenvalue weighted by molar-refractivity contribution is -0.156. The molecule has 0 bridgehead atoms. The molecule has 0 spiro atoms. The number of carbonyl (C=O) groups excluding carboxylic acids is 2. The Morgan fingerprint density at radius 2 is 2.06 bits per heavy atom. The number of rotatable bonds is 7. The van der Waals surface area contributed by atoms with Crippen molar-refractivity contribution in [3.05, 3.63) is 31.0 Å². The third-order valence-corrected chi connectivity index (χ3v) is 7.36. The van der Waals surface area contributed by atoms with E-state index in [9.17, 15) is 9.59 Å². The number of hydrogen-bond donors (Lipinski definition) is 0. The quantitative estimate of drug-likeness (QED) is 0.250. The second kappa shape index (κ2) is 9.91. The summed E-state index contributed by atoms with van der Waals surface area (Å²) in [5.74, 6) is 0.115. The van der Waals surface area contributed by atoms with Crippen molar-refractivity contribution < 1.29 is 14.3 Å². The Kier molecular flexibility index (Phi) is 7.10.